The zero-order valence-electron chi connectivity index (χ0n) is 11.5. The second-order valence-corrected chi connectivity index (χ2v) is 5.26. The molecule has 2 aromatic heterocycles. The summed E-state index contributed by atoms with van der Waals surface area (Å²) in [6.45, 7) is 2.31. The fourth-order valence-corrected chi connectivity index (χ4v) is 2.91. The van der Waals surface area contributed by atoms with Gasteiger partial charge in [0.1, 0.15) is 5.65 Å². The monoisotopic (exact) mass is 300 g/mol. The van der Waals surface area contributed by atoms with E-state index < -0.39 is 0 Å². The van der Waals surface area contributed by atoms with E-state index in [0.717, 1.165) is 39.7 Å². The zero-order valence-corrected chi connectivity index (χ0v) is 12.2. The van der Waals surface area contributed by atoms with E-state index in [1.165, 1.54) is 0 Å². The molecule has 0 saturated heterocycles. The van der Waals surface area contributed by atoms with Crippen molar-refractivity contribution in [3.8, 4) is 22.8 Å². The van der Waals surface area contributed by atoms with Crippen LogP contribution in [-0.2, 0) is 5.88 Å². The number of halogens is 1. The zero-order chi connectivity index (χ0) is 14.4. The van der Waals surface area contributed by atoms with Crippen molar-refractivity contribution >= 4 is 17.2 Å². The molecule has 1 aliphatic heterocycles. The van der Waals surface area contributed by atoms with E-state index in [-0.39, 0.29) is 6.79 Å². The van der Waals surface area contributed by atoms with Gasteiger partial charge in [-0.05, 0) is 36.8 Å². The molecule has 21 heavy (non-hydrogen) atoms. The second kappa shape index (κ2) is 4.67. The van der Waals surface area contributed by atoms with Gasteiger partial charge in [0.2, 0.25) is 6.79 Å². The average molecular weight is 301 g/mol. The van der Waals surface area contributed by atoms with Gasteiger partial charge in [-0.1, -0.05) is 6.07 Å². The van der Waals surface area contributed by atoms with Crippen molar-refractivity contribution in [3.63, 3.8) is 0 Å². The maximum atomic E-state index is 6.16. The van der Waals surface area contributed by atoms with E-state index in [9.17, 15) is 0 Å². The maximum Gasteiger partial charge on any atom is 0.231 e. The van der Waals surface area contributed by atoms with Gasteiger partial charge in [0.05, 0.1) is 17.3 Å². The predicted molar refractivity (Wildman–Crippen MR) is 81.0 cm³/mol. The third-order valence-corrected chi connectivity index (χ3v) is 3.97. The number of benzene rings is 1. The van der Waals surface area contributed by atoms with Crippen LogP contribution in [0.25, 0.3) is 16.9 Å². The summed E-state index contributed by atoms with van der Waals surface area (Å²) < 4.78 is 12.8. The van der Waals surface area contributed by atoms with Gasteiger partial charge in [-0.15, -0.1) is 11.6 Å². The number of ether oxygens (including phenoxy) is 2. The summed E-state index contributed by atoms with van der Waals surface area (Å²) in [6.07, 6.45) is 1.99. The fraction of sp³-hybridized carbons (Fsp3) is 0.188. The van der Waals surface area contributed by atoms with Gasteiger partial charge in [-0.2, -0.15) is 0 Å². The van der Waals surface area contributed by atoms with Crippen molar-refractivity contribution in [1.29, 1.82) is 0 Å². The first-order valence-electron chi connectivity index (χ1n) is 6.70. The summed E-state index contributed by atoms with van der Waals surface area (Å²) >= 11 is 6.16. The molecule has 0 unspecified atom stereocenters. The minimum Gasteiger partial charge on any atom is -0.454 e. The quantitative estimate of drug-likeness (QED) is 0.676. The van der Waals surface area contributed by atoms with Crippen LogP contribution in [0.3, 0.4) is 0 Å². The number of alkyl halides is 1. The molecule has 0 bridgehead atoms. The molecule has 0 fully saturated rings. The Balaban J connectivity index is 1.96. The van der Waals surface area contributed by atoms with E-state index in [1.54, 1.807) is 0 Å². The molecule has 0 saturated carbocycles. The molecule has 1 aliphatic rings. The molecule has 5 heteroatoms. The molecule has 0 aliphatic carbocycles. The molecular formula is C16H13ClN2O2. The van der Waals surface area contributed by atoms with Gasteiger partial charge in [-0.25, -0.2) is 4.98 Å². The third-order valence-electron chi connectivity index (χ3n) is 3.72. The Morgan fingerprint density at radius 3 is 2.95 bits per heavy atom. The van der Waals surface area contributed by atoms with E-state index in [1.807, 2.05) is 47.9 Å². The number of rotatable bonds is 2. The van der Waals surface area contributed by atoms with Crippen molar-refractivity contribution in [2.45, 2.75) is 12.8 Å². The summed E-state index contributed by atoms with van der Waals surface area (Å²) in [5.41, 5.74) is 4.90. The molecule has 0 spiro atoms. The van der Waals surface area contributed by atoms with E-state index in [0.29, 0.717) is 5.88 Å². The largest absolute Gasteiger partial charge is 0.454 e. The molecule has 106 valence electrons. The second-order valence-electron chi connectivity index (χ2n) is 4.99. The van der Waals surface area contributed by atoms with E-state index >= 15 is 0 Å². The van der Waals surface area contributed by atoms with Gasteiger partial charge >= 0.3 is 0 Å². The van der Waals surface area contributed by atoms with Crippen molar-refractivity contribution in [2.24, 2.45) is 0 Å². The summed E-state index contributed by atoms with van der Waals surface area (Å²) in [4.78, 5) is 4.76. The van der Waals surface area contributed by atoms with Crippen LogP contribution in [0.1, 0.15) is 11.3 Å². The summed E-state index contributed by atoms with van der Waals surface area (Å²) in [5.74, 6) is 1.92. The Morgan fingerprint density at radius 2 is 2.10 bits per heavy atom. The molecule has 1 aromatic carbocycles. The highest BCUT2D eigenvalue weighted by Gasteiger charge is 2.18. The van der Waals surface area contributed by atoms with Crippen LogP contribution in [0, 0.1) is 6.92 Å². The summed E-state index contributed by atoms with van der Waals surface area (Å²) in [5, 5.41) is 0. The summed E-state index contributed by atoms with van der Waals surface area (Å²) in [7, 11) is 0. The molecule has 0 radical (unpaired) electrons. The lowest BCUT2D eigenvalue weighted by Crippen LogP contribution is -1.93. The van der Waals surface area contributed by atoms with Crippen molar-refractivity contribution < 1.29 is 9.47 Å². The highest BCUT2D eigenvalue weighted by molar-refractivity contribution is 6.17. The van der Waals surface area contributed by atoms with Crippen LogP contribution in [0.15, 0.2) is 36.5 Å². The number of hydrogen-bond acceptors (Lipinski definition) is 3. The molecule has 4 nitrogen and oxygen atoms in total. The van der Waals surface area contributed by atoms with Gasteiger partial charge in [0.15, 0.2) is 11.5 Å². The van der Waals surface area contributed by atoms with Crippen LogP contribution < -0.4 is 9.47 Å². The predicted octanol–water partition coefficient (Wildman–Crippen LogP) is 3.78. The fourth-order valence-electron chi connectivity index (χ4n) is 2.66. The smallest absolute Gasteiger partial charge is 0.231 e. The Labute approximate surface area is 126 Å². The Morgan fingerprint density at radius 1 is 1.24 bits per heavy atom. The Hall–Kier alpha value is -2.20. The van der Waals surface area contributed by atoms with Gasteiger partial charge in [0, 0.05) is 11.8 Å². The lowest BCUT2D eigenvalue weighted by molar-refractivity contribution is 0.174. The van der Waals surface area contributed by atoms with Crippen LogP contribution in [0.4, 0.5) is 0 Å². The topological polar surface area (TPSA) is 35.8 Å². The highest BCUT2D eigenvalue weighted by atomic mass is 35.5. The first-order valence-corrected chi connectivity index (χ1v) is 7.24. The Kier molecular flexibility index (Phi) is 2.79. The van der Waals surface area contributed by atoms with Crippen LogP contribution in [0.5, 0.6) is 11.5 Å². The van der Waals surface area contributed by atoms with Crippen molar-refractivity contribution in [1.82, 2.24) is 9.38 Å². The molecule has 0 N–H and O–H groups in total. The molecule has 4 rings (SSSR count). The standard InChI is InChI=1S/C16H13ClN2O2/c1-10-3-2-6-19-12(8-17)15(18-16(10)19)11-4-5-13-14(7-11)21-9-20-13/h2-7H,8-9H2,1H3. The lowest BCUT2D eigenvalue weighted by Gasteiger charge is -2.03. The number of fused-ring (bicyclic) bond motifs is 2. The number of nitrogens with zero attached hydrogens (tertiary/aromatic N) is 2. The molecule has 3 heterocycles. The first kappa shape index (κ1) is 12.5. The number of aryl methyl sites for hydroxylation is 1. The first-order chi connectivity index (χ1) is 10.3. The van der Waals surface area contributed by atoms with E-state index in [4.69, 9.17) is 26.1 Å². The molecular weight excluding hydrogens is 288 g/mol. The molecule has 0 atom stereocenters. The number of pyridine rings is 1. The normalized spacial score (nSPS) is 13.0. The third kappa shape index (κ3) is 1.87. The summed E-state index contributed by atoms with van der Waals surface area (Å²) in [6, 6.07) is 9.90. The van der Waals surface area contributed by atoms with Crippen LogP contribution >= 0.6 is 11.6 Å². The molecule has 3 aromatic rings. The minimum absolute atomic E-state index is 0.269. The average Bonchev–Trinajstić information content (AvgIpc) is 3.10. The van der Waals surface area contributed by atoms with E-state index in [2.05, 4.69) is 0 Å². The van der Waals surface area contributed by atoms with Gasteiger partial charge < -0.3 is 13.9 Å². The van der Waals surface area contributed by atoms with Crippen molar-refractivity contribution in [2.75, 3.05) is 6.79 Å². The SMILES string of the molecule is Cc1cccn2c(CCl)c(-c3ccc4c(c3)OCO4)nc12. The van der Waals surface area contributed by atoms with Crippen LogP contribution in [-0.4, -0.2) is 16.2 Å². The maximum absolute atomic E-state index is 6.16. The molecule has 0 amide bonds. The van der Waals surface area contributed by atoms with Crippen LogP contribution in [0.2, 0.25) is 0 Å². The number of imidazole rings is 1. The Bertz CT molecular complexity index is 842. The van der Waals surface area contributed by atoms with Gasteiger partial charge in [0.25, 0.3) is 0 Å². The lowest BCUT2D eigenvalue weighted by atomic mass is 10.1. The van der Waals surface area contributed by atoms with Crippen molar-refractivity contribution in [3.05, 3.63) is 47.8 Å². The minimum atomic E-state index is 0.269. The number of hydrogen-bond donors (Lipinski definition) is 0. The van der Waals surface area contributed by atoms with Gasteiger partial charge in [-0.3, -0.25) is 0 Å². The highest BCUT2D eigenvalue weighted by Crippen LogP contribution is 2.37. The number of aromatic nitrogens is 2.